The van der Waals surface area contributed by atoms with Crippen molar-refractivity contribution in [1.29, 1.82) is 0 Å². The molecule has 1 N–H and O–H groups in total. The third-order valence-corrected chi connectivity index (χ3v) is 3.65. The van der Waals surface area contributed by atoms with Crippen molar-refractivity contribution in [2.24, 2.45) is 5.10 Å². The van der Waals surface area contributed by atoms with Gasteiger partial charge in [-0.15, -0.1) is 11.3 Å². The number of hydrazone groups is 1. The van der Waals surface area contributed by atoms with Crippen molar-refractivity contribution in [3.05, 3.63) is 56.7 Å². The maximum atomic E-state index is 11.8. The van der Waals surface area contributed by atoms with E-state index in [2.05, 4.69) is 10.5 Å². The Hall–Kier alpha value is -1.65. The molecule has 0 aliphatic rings. The minimum Gasteiger partial charge on any atom is -0.267 e. The molecule has 0 radical (unpaired) electrons. The van der Waals surface area contributed by atoms with E-state index in [0.29, 0.717) is 10.6 Å². The fourth-order valence-corrected chi connectivity index (χ4v) is 2.38. The first-order chi connectivity index (χ1) is 8.68. The van der Waals surface area contributed by atoms with Crippen molar-refractivity contribution in [1.82, 2.24) is 5.43 Å². The number of benzene rings is 1. The van der Waals surface area contributed by atoms with E-state index in [1.807, 2.05) is 18.4 Å². The number of thiophene rings is 1. The first-order valence-corrected chi connectivity index (χ1v) is 6.56. The molecule has 2 rings (SSSR count). The molecule has 2 aromatic rings. The molecule has 0 saturated carbocycles. The summed E-state index contributed by atoms with van der Waals surface area (Å²) in [5.41, 5.74) is 4.01. The highest BCUT2D eigenvalue weighted by Crippen LogP contribution is 2.15. The van der Waals surface area contributed by atoms with E-state index in [-0.39, 0.29) is 5.91 Å². The molecule has 0 unspecified atom stereocenters. The minimum atomic E-state index is -0.314. The molecule has 5 heteroatoms. The Kier molecular flexibility index (Phi) is 4.12. The van der Waals surface area contributed by atoms with Crippen LogP contribution in [0, 0.1) is 6.92 Å². The fourth-order valence-electron chi connectivity index (χ4n) is 1.37. The van der Waals surface area contributed by atoms with Gasteiger partial charge in [0.2, 0.25) is 0 Å². The largest absolute Gasteiger partial charge is 0.272 e. The summed E-state index contributed by atoms with van der Waals surface area (Å²) in [6.45, 7) is 1.99. The van der Waals surface area contributed by atoms with Crippen LogP contribution in [0.15, 0.2) is 40.8 Å². The highest BCUT2D eigenvalue weighted by atomic mass is 35.5. The van der Waals surface area contributed by atoms with Crippen LogP contribution in [-0.4, -0.2) is 12.1 Å². The average Bonchev–Trinajstić information content (AvgIpc) is 2.75. The predicted octanol–water partition coefficient (Wildman–Crippen LogP) is 3.47. The van der Waals surface area contributed by atoms with E-state index in [1.54, 1.807) is 41.8 Å². The fraction of sp³-hybridized carbons (Fsp3) is 0.0769. The summed E-state index contributed by atoms with van der Waals surface area (Å²) in [5.74, 6) is -0.314. The molecular formula is C13H11ClN2OS. The van der Waals surface area contributed by atoms with E-state index >= 15 is 0 Å². The Balaban J connectivity index is 2.03. The van der Waals surface area contributed by atoms with E-state index < -0.39 is 0 Å². The van der Waals surface area contributed by atoms with Gasteiger partial charge in [0, 0.05) is 4.88 Å². The van der Waals surface area contributed by atoms with Crippen LogP contribution in [0.3, 0.4) is 0 Å². The molecule has 1 aromatic carbocycles. The number of hydrogen-bond donors (Lipinski definition) is 1. The van der Waals surface area contributed by atoms with Gasteiger partial charge in [0.25, 0.3) is 5.91 Å². The van der Waals surface area contributed by atoms with Crippen molar-refractivity contribution in [3.8, 4) is 0 Å². The summed E-state index contributed by atoms with van der Waals surface area (Å²) < 4.78 is 0. The first kappa shape index (κ1) is 12.8. The van der Waals surface area contributed by atoms with Crippen molar-refractivity contribution in [2.45, 2.75) is 6.92 Å². The number of hydrogen-bond acceptors (Lipinski definition) is 3. The normalized spacial score (nSPS) is 10.8. The number of halogens is 1. The third-order valence-electron chi connectivity index (χ3n) is 2.37. The second kappa shape index (κ2) is 5.80. The number of nitrogens with zero attached hydrogens (tertiary/aromatic N) is 1. The molecular weight excluding hydrogens is 268 g/mol. The lowest BCUT2D eigenvalue weighted by atomic mass is 10.2. The highest BCUT2D eigenvalue weighted by Gasteiger charge is 2.07. The number of carbonyl (C=O) groups is 1. The van der Waals surface area contributed by atoms with E-state index in [4.69, 9.17) is 11.6 Å². The standard InChI is InChI=1S/C13H11ClN2OS/c1-9-6-7-18-12(9)8-15-16-13(17)10-4-2-3-5-11(10)14/h2-8H,1H3,(H,16,17)/b15-8-. The van der Waals surface area contributed by atoms with Crippen LogP contribution in [0.4, 0.5) is 0 Å². The summed E-state index contributed by atoms with van der Waals surface area (Å²) in [4.78, 5) is 12.8. The quantitative estimate of drug-likeness (QED) is 0.678. The van der Waals surface area contributed by atoms with Crippen molar-refractivity contribution in [3.63, 3.8) is 0 Å². The van der Waals surface area contributed by atoms with Gasteiger partial charge < -0.3 is 0 Å². The van der Waals surface area contributed by atoms with Crippen LogP contribution in [0.1, 0.15) is 20.8 Å². The van der Waals surface area contributed by atoms with Gasteiger partial charge in [-0.1, -0.05) is 23.7 Å². The number of aryl methyl sites for hydroxylation is 1. The number of nitrogens with one attached hydrogen (secondary N) is 1. The monoisotopic (exact) mass is 278 g/mol. The molecule has 0 saturated heterocycles. The lowest BCUT2D eigenvalue weighted by molar-refractivity contribution is 0.0955. The summed E-state index contributed by atoms with van der Waals surface area (Å²) in [6, 6.07) is 8.86. The van der Waals surface area contributed by atoms with Crippen LogP contribution >= 0.6 is 22.9 Å². The van der Waals surface area contributed by atoms with E-state index in [9.17, 15) is 4.79 Å². The van der Waals surface area contributed by atoms with Gasteiger partial charge in [0.1, 0.15) is 0 Å². The summed E-state index contributed by atoms with van der Waals surface area (Å²) in [5, 5.41) is 6.31. The lowest BCUT2D eigenvalue weighted by Crippen LogP contribution is -2.17. The second-order valence-electron chi connectivity index (χ2n) is 3.65. The number of rotatable bonds is 3. The molecule has 0 fully saturated rings. The van der Waals surface area contributed by atoms with Gasteiger partial charge in [-0.05, 0) is 36.1 Å². The minimum absolute atomic E-state index is 0.314. The van der Waals surface area contributed by atoms with E-state index in [0.717, 1.165) is 10.4 Å². The van der Waals surface area contributed by atoms with Gasteiger partial charge in [-0.2, -0.15) is 5.10 Å². The van der Waals surface area contributed by atoms with Gasteiger partial charge in [0.15, 0.2) is 0 Å². The van der Waals surface area contributed by atoms with Crippen molar-refractivity contribution >= 4 is 35.1 Å². The summed E-state index contributed by atoms with van der Waals surface area (Å²) in [7, 11) is 0. The number of carbonyl (C=O) groups excluding carboxylic acids is 1. The third kappa shape index (κ3) is 2.97. The van der Waals surface area contributed by atoms with Crippen LogP contribution in [-0.2, 0) is 0 Å². The summed E-state index contributed by atoms with van der Waals surface area (Å²) in [6.07, 6.45) is 1.63. The topological polar surface area (TPSA) is 41.5 Å². The SMILES string of the molecule is Cc1ccsc1/C=N\NC(=O)c1ccccc1Cl. The van der Waals surface area contributed by atoms with Crippen LogP contribution in [0.25, 0.3) is 0 Å². The molecule has 1 amide bonds. The Bertz CT molecular complexity index is 592. The molecule has 0 spiro atoms. The van der Waals surface area contributed by atoms with Gasteiger partial charge in [-0.3, -0.25) is 4.79 Å². The summed E-state index contributed by atoms with van der Waals surface area (Å²) >= 11 is 7.49. The molecule has 0 aliphatic carbocycles. The Labute approximate surface area is 114 Å². The maximum Gasteiger partial charge on any atom is 0.272 e. The smallest absolute Gasteiger partial charge is 0.267 e. The van der Waals surface area contributed by atoms with Crippen molar-refractivity contribution < 1.29 is 4.79 Å². The van der Waals surface area contributed by atoms with Crippen LogP contribution in [0.5, 0.6) is 0 Å². The van der Waals surface area contributed by atoms with Crippen LogP contribution < -0.4 is 5.43 Å². The van der Waals surface area contributed by atoms with Crippen LogP contribution in [0.2, 0.25) is 5.02 Å². The zero-order chi connectivity index (χ0) is 13.0. The Morgan fingerprint density at radius 1 is 1.39 bits per heavy atom. The molecule has 0 bridgehead atoms. The molecule has 1 aromatic heterocycles. The van der Waals surface area contributed by atoms with Gasteiger partial charge >= 0.3 is 0 Å². The van der Waals surface area contributed by atoms with Crippen molar-refractivity contribution in [2.75, 3.05) is 0 Å². The number of amides is 1. The highest BCUT2D eigenvalue weighted by molar-refractivity contribution is 7.11. The molecule has 92 valence electrons. The molecule has 0 atom stereocenters. The molecule has 1 heterocycles. The van der Waals surface area contributed by atoms with Gasteiger partial charge in [0.05, 0.1) is 16.8 Å². The molecule has 18 heavy (non-hydrogen) atoms. The zero-order valence-corrected chi connectivity index (χ0v) is 11.3. The van der Waals surface area contributed by atoms with Gasteiger partial charge in [-0.25, -0.2) is 5.43 Å². The lowest BCUT2D eigenvalue weighted by Gasteiger charge is -2.01. The van der Waals surface area contributed by atoms with E-state index in [1.165, 1.54) is 0 Å². The predicted molar refractivity (Wildman–Crippen MR) is 75.6 cm³/mol. The molecule has 0 aliphatic heterocycles. The Morgan fingerprint density at radius 2 is 2.17 bits per heavy atom. The zero-order valence-electron chi connectivity index (χ0n) is 9.68. The molecule has 3 nitrogen and oxygen atoms in total. The average molecular weight is 279 g/mol. The first-order valence-electron chi connectivity index (χ1n) is 5.30. The second-order valence-corrected chi connectivity index (χ2v) is 5.00. The maximum absolute atomic E-state index is 11.8. The Morgan fingerprint density at radius 3 is 2.83 bits per heavy atom.